The monoisotopic (exact) mass is 360 g/mol. The Hall–Kier alpha value is -0.460. The number of aryl methyl sites for hydroxylation is 1. The second-order valence-electron chi connectivity index (χ2n) is 5.33. The van der Waals surface area contributed by atoms with Crippen LogP contribution < -0.4 is 4.72 Å². The first-order chi connectivity index (χ1) is 9.57. The van der Waals surface area contributed by atoms with E-state index in [1.807, 2.05) is 12.1 Å². The smallest absolute Gasteiger partial charge is 0.211 e. The zero-order chi connectivity index (χ0) is 14.4. The number of aromatic nitrogens is 1. The maximum Gasteiger partial charge on any atom is 0.211 e. The predicted octanol–water partition coefficient (Wildman–Crippen LogP) is 2.50. The van der Waals surface area contributed by atoms with Crippen LogP contribution in [-0.2, 0) is 16.4 Å². The average Bonchev–Trinajstić information content (AvgIpc) is 2.46. The van der Waals surface area contributed by atoms with Gasteiger partial charge in [-0.05, 0) is 42.9 Å². The van der Waals surface area contributed by atoms with E-state index in [0.717, 1.165) is 18.4 Å². The van der Waals surface area contributed by atoms with E-state index in [1.54, 1.807) is 12.4 Å². The van der Waals surface area contributed by atoms with Crippen molar-refractivity contribution in [2.45, 2.75) is 36.9 Å². The number of halogens is 1. The van der Waals surface area contributed by atoms with E-state index in [1.165, 1.54) is 12.8 Å². The van der Waals surface area contributed by atoms with Gasteiger partial charge in [0.15, 0.2) is 0 Å². The summed E-state index contributed by atoms with van der Waals surface area (Å²) in [5.41, 5.74) is 1.00. The van der Waals surface area contributed by atoms with Crippen molar-refractivity contribution < 1.29 is 8.42 Å². The lowest BCUT2D eigenvalue weighted by atomic mass is 9.89. The Morgan fingerprint density at radius 3 is 2.65 bits per heavy atom. The molecule has 0 radical (unpaired) electrons. The summed E-state index contributed by atoms with van der Waals surface area (Å²) in [4.78, 5) is 4.37. The van der Waals surface area contributed by atoms with Crippen LogP contribution in [0.3, 0.4) is 0 Å². The Bertz CT molecular complexity index is 507. The molecule has 0 saturated heterocycles. The van der Waals surface area contributed by atoms with Crippen molar-refractivity contribution in [3.63, 3.8) is 0 Å². The van der Waals surface area contributed by atoms with Crippen molar-refractivity contribution in [3.8, 4) is 0 Å². The number of sulfonamides is 1. The molecule has 1 aliphatic rings. The van der Waals surface area contributed by atoms with Crippen LogP contribution in [0.25, 0.3) is 0 Å². The standard InChI is InChI=1S/C14H21BrN2O2S/c15-14-4-2-1-3-13(14)11-17-20(18,19)10-7-12-5-8-16-9-6-12/h5-6,8-9,13-14,17H,1-4,7,10-11H2. The maximum atomic E-state index is 12.0. The first-order valence-electron chi connectivity index (χ1n) is 7.07. The first-order valence-corrected chi connectivity index (χ1v) is 9.64. The highest BCUT2D eigenvalue weighted by Crippen LogP contribution is 2.29. The second kappa shape index (κ2) is 7.52. The van der Waals surface area contributed by atoms with E-state index in [2.05, 4.69) is 25.6 Å². The minimum atomic E-state index is -3.19. The summed E-state index contributed by atoms with van der Waals surface area (Å²) >= 11 is 3.66. The number of hydrogen-bond acceptors (Lipinski definition) is 3. The van der Waals surface area contributed by atoms with Crippen LogP contribution in [0.4, 0.5) is 0 Å². The van der Waals surface area contributed by atoms with E-state index in [0.29, 0.717) is 23.7 Å². The van der Waals surface area contributed by atoms with Gasteiger partial charge in [0.2, 0.25) is 10.0 Å². The molecular weight excluding hydrogens is 340 g/mol. The van der Waals surface area contributed by atoms with Crippen molar-refractivity contribution in [1.29, 1.82) is 0 Å². The summed E-state index contributed by atoms with van der Waals surface area (Å²) in [5.74, 6) is 0.552. The van der Waals surface area contributed by atoms with Gasteiger partial charge in [-0.1, -0.05) is 28.8 Å². The fourth-order valence-corrected chi connectivity index (χ4v) is 4.39. The molecule has 1 saturated carbocycles. The number of hydrogen-bond donors (Lipinski definition) is 1. The van der Waals surface area contributed by atoms with Gasteiger partial charge in [0, 0.05) is 23.8 Å². The third-order valence-electron chi connectivity index (χ3n) is 3.79. The lowest BCUT2D eigenvalue weighted by Crippen LogP contribution is -2.36. The molecule has 112 valence electrons. The summed E-state index contributed by atoms with van der Waals surface area (Å²) in [7, 11) is -3.19. The Morgan fingerprint density at radius 1 is 1.25 bits per heavy atom. The molecule has 6 heteroatoms. The molecule has 2 atom stereocenters. The Labute approximate surface area is 129 Å². The third-order valence-corrected chi connectivity index (χ3v) is 6.34. The van der Waals surface area contributed by atoms with Gasteiger partial charge in [-0.15, -0.1) is 0 Å². The van der Waals surface area contributed by atoms with Gasteiger partial charge in [0.05, 0.1) is 5.75 Å². The van der Waals surface area contributed by atoms with Crippen LogP contribution in [0, 0.1) is 5.92 Å². The Kier molecular flexibility index (Phi) is 5.99. The van der Waals surface area contributed by atoms with E-state index in [9.17, 15) is 8.42 Å². The van der Waals surface area contributed by atoms with Crippen LogP contribution >= 0.6 is 15.9 Å². The molecule has 0 spiro atoms. The zero-order valence-electron chi connectivity index (χ0n) is 11.5. The minimum absolute atomic E-state index is 0.136. The Morgan fingerprint density at radius 2 is 1.95 bits per heavy atom. The Balaban J connectivity index is 1.79. The summed E-state index contributed by atoms with van der Waals surface area (Å²) in [6.45, 7) is 0.550. The highest BCUT2D eigenvalue weighted by atomic mass is 79.9. The van der Waals surface area contributed by atoms with E-state index in [-0.39, 0.29) is 5.75 Å². The van der Waals surface area contributed by atoms with Crippen LogP contribution in [-0.4, -0.2) is 30.5 Å². The largest absolute Gasteiger partial charge is 0.265 e. The molecule has 2 rings (SSSR count). The molecule has 20 heavy (non-hydrogen) atoms. The molecule has 1 fully saturated rings. The van der Waals surface area contributed by atoms with Crippen LogP contribution in [0.15, 0.2) is 24.5 Å². The first kappa shape index (κ1) is 15.9. The molecule has 1 heterocycles. The van der Waals surface area contributed by atoms with Gasteiger partial charge in [0.25, 0.3) is 0 Å². The van der Waals surface area contributed by atoms with Gasteiger partial charge in [-0.2, -0.15) is 0 Å². The number of nitrogens with one attached hydrogen (secondary N) is 1. The highest BCUT2D eigenvalue weighted by molar-refractivity contribution is 9.09. The summed E-state index contributed by atoms with van der Waals surface area (Å²) < 4.78 is 26.8. The fourth-order valence-electron chi connectivity index (χ4n) is 2.50. The fraction of sp³-hybridized carbons (Fsp3) is 0.643. The van der Waals surface area contributed by atoms with Crippen molar-refractivity contribution in [1.82, 2.24) is 9.71 Å². The molecule has 1 N–H and O–H groups in total. The van der Waals surface area contributed by atoms with Gasteiger partial charge in [-0.3, -0.25) is 4.98 Å². The van der Waals surface area contributed by atoms with Crippen LogP contribution in [0.5, 0.6) is 0 Å². The summed E-state index contributed by atoms with van der Waals surface area (Å²) in [6, 6.07) is 3.70. The molecular formula is C14H21BrN2O2S. The van der Waals surface area contributed by atoms with Crippen molar-refractivity contribution in [2.24, 2.45) is 5.92 Å². The molecule has 1 aromatic heterocycles. The van der Waals surface area contributed by atoms with Crippen molar-refractivity contribution in [2.75, 3.05) is 12.3 Å². The van der Waals surface area contributed by atoms with Crippen molar-refractivity contribution in [3.05, 3.63) is 30.1 Å². The maximum absolute atomic E-state index is 12.0. The average molecular weight is 361 g/mol. The van der Waals surface area contributed by atoms with Crippen LogP contribution in [0.1, 0.15) is 31.2 Å². The molecule has 0 aliphatic heterocycles. The number of pyridine rings is 1. The normalized spacial score (nSPS) is 23.6. The van der Waals surface area contributed by atoms with Crippen LogP contribution in [0.2, 0.25) is 0 Å². The SMILES string of the molecule is O=S(=O)(CCc1ccncc1)NCC1CCCCC1Br. The van der Waals surface area contributed by atoms with E-state index < -0.39 is 10.0 Å². The summed E-state index contributed by atoms with van der Waals surface area (Å²) in [6.07, 6.45) is 8.58. The molecule has 1 aromatic rings. The molecule has 4 nitrogen and oxygen atoms in total. The van der Waals surface area contributed by atoms with Gasteiger partial charge in [0.1, 0.15) is 0 Å². The molecule has 0 bridgehead atoms. The number of rotatable bonds is 6. The second-order valence-corrected chi connectivity index (χ2v) is 8.44. The highest BCUT2D eigenvalue weighted by Gasteiger charge is 2.24. The number of nitrogens with zero attached hydrogens (tertiary/aromatic N) is 1. The van der Waals surface area contributed by atoms with Crippen molar-refractivity contribution >= 4 is 26.0 Å². The minimum Gasteiger partial charge on any atom is -0.265 e. The zero-order valence-corrected chi connectivity index (χ0v) is 13.9. The van der Waals surface area contributed by atoms with E-state index in [4.69, 9.17) is 0 Å². The quantitative estimate of drug-likeness (QED) is 0.792. The molecule has 0 amide bonds. The number of alkyl halides is 1. The predicted molar refractivity (Wildman–Crippen MR) is 84.4 cm³/mol. The molecule has 1 aliphatic carbocycles. The van der Waals surface area contributed by atoms with Gasteiger partial charge >= 0.3 is 0 Å². The van der Waals surface area contributed by atoms with E-state index >= 15 is 0 Å². The molecule has 2 unspecified atom stereocenters. The van der Waals surface area contributed by atoms with Gasteiger partial charge in [-0.25, -0.2) is 13.1 Å². The summed E-state index contributed by atoms with van der Waals surface area (Å²) in [5, 5.41) is 0. The lowest BCUT2D eigenvalue weighted by molar-refractivity contribution is 0.373. The topological polar surface area (TPSA) is 59.1 Å². The third kappa shape index (κ3) is 5.14. The van der Waals surface area contributed by atoms with Gasteiger partial charge < -0.3 is 0 Å². The molecule has 0 aromatic carbocycles. The lowest BCUT2D eigenvalue weighted by Gasteiger charge is -2.27.